The van der Waals surface area contributed by atoms with E-state index in [1.165, 1.54) is 24.8 Å². The number of hydrogen-bond acceptors (Lipinski definition) is 1. The third-order valence-electron chi connectivity index (χ3n) is 3.80. The highest BCUT2D eigenvalue weighted by Crippen LogP contribution is 2.41. The molecule has 1 aliphatic rings. The summed E-state index contributed by atoms with van der Waals surface area (Å²) < 4.78 is 0. The number of hydrogen-bond donors (Lipinski definition) is 1. The van der Waals surface area contributed by atoms with E-state index in [0.717, 1.165) is 6.42 Å². The summed E-state index contributed by atoms with van der Waals surface area (Å²) in [5.74, 6) is 0. The number of rotatable bonds is 4. The van der Waals surface area contributed by atoms with Crippen molar-refractivity contribution in [2.75, 3.05) is 6.61 Å². The van der Waals surface area contributed by atoms with E-state index < -0.39 is 0 Å². The van der Waals surface area contributed by atoms with Crippen molar-refractivity contribution >= 4 is 0 Å². The largest absolute Gasteiger partial charge is 0.392 e. The van der Waals surface area contributed by atoms with Crippen molar-refractivity contribution in [3.8, 4) is 0 Å². The maximum Gasteiger partial charge on any atom is 0.0615 e. The molecule has 0 aromatic carbocycles. The summed E-state index contributed by atoms with van der Waals surface area (Å²) >= 11 is 0. The molecule has 1 heteroatoms. The van der Waals surface area contributed by atoms with Crippen LogP contribution in [-0.2, 0) is 0 Å². The van der Waals surface area contributed by atoms with E-state index in [-0.39, 0.29) is 6.61 Å². The standard InChI is InChI=1S/C16H26O/c1-13(7-6-12-17)9-10-15-14(2)8-5-11-16(15,3)4/h6-7,9,17H,5,8,10-12H2,1-4H3. The van der Waals surface area contributed by atoms with Crippen LogP contribution in [0.5, 0.6) is 0 Å². The van der Waals surface area contributed by atoms with E-state index in [1.54, 1.807) is 17.2 Å². The molecule has 96 valence electrons. The summed E-state index contributed by atoms with van der Waals surface area (Å²) in [5.41, 5.74) is 4.79. The van der Waals surface area contributed by atoms with Crippen molar-refractivity contribution in [1.82, 2.24) is 0 Å². The van der Waals surface area contributed by atoms with E-state index in [9.17, 15) is 0 Å². The van der Waals surface area contributed by atoms with Crippen LogP contribution >= 0.6 is 0 Å². The highest BCUT2D eigenvalue weighted by Gasteiger charge is 2.27. The molecule has 17 heavy (non-hydrogen) atoms. The molecule has 0 bridgehead atoms. The summed E-state index contributed by atoms with van der Waals surface area (Å²) in [4.78, 5) is 0. The fourth-order valence-electron chi connectivity index (χ4n) is 2.70. The predicted molar refractivity (Wildman–Crippen MR) is 74.9 cm³/mol. The van der Waals surface area contributed by atoms with E-state index in [4.69, 9.17) is 5.11 Å². The molecule has 0 heterocycles. The third-order valence-corrected chi connectivity index (χ3v) is 3.80. The van der Waals surface area contributed by atoms with Crippen LogP contribution in [-0.4, -0.2) is 11.7 Å². The van der Waals surface area contributed by atoms with Crippen molar-refractivity contribution < 1.29 is 5.11 Å². The van der Waals surface area contributed by atoms with Gasteiger partial charge in [-0.15, -0.1) is 0 Å². The Labute approximate surface area is 106 Å². The van der Waals surface area contributed by atoms with Crippen LogP contribution in [0.3, 0.4) is 0 Å². The molecular formula is C16H26O. The zero-order valence-electron chi connectivity index (χ0n) is 11.7. The van der Waals surface area contributed by atoms with Crippen molar-refractivity contribution in [1.29, 1.82) is 0 Å². The Balaban J connectivity index is 2.76. The molecule has 0 fully saturated rings. The van der Waals surface area contributed by atoms with Crippen LogP contribution in [0.15, 0.2) is 34.9 Å². The molecule has 0 aromatic rings. The molecule has 0 radical (unpaired) electrons. The summed E-state index contributed by atoms with van der Waals surface area (Å²) in [5, 5.41) is 8.73. The Morgan fingerprint density at radius 3 is 2.71 bits per heavy atom. The first-order chi connectivity index (χ1) is 7.97. The smallest absolute Gasteiger partial charge is 0.0615 e. The lowest BCUT2D eigenvalue weighted by Crippen LogP contribution is -2.20. The van der Waals surface area contributed by atoms with Gasteiger partial charge < -0.3 is 5.11 Å². The van der Waals surface area contributed by atoms with Crippen LogP contribution in [0.2, 0.25) is 0 Å². The molecule has 0 unspecified atom stereocenters. The third kappa shape index (κ3) is 4.16. The van der Waals surface area contributed by atoms with Gasteiger partial charge in [-0.25, -0.2) is 0 Å². The Bertz CT molecular complexity index is 343. The minimum atomic E-state index is 0.123. The summed E-state index contributed by atoms with van der Waals surface area (Å²) in [6, 6.07) is 0. The Morgan fingerprint density at radius 1 is 1.41 bits per heavy atom. The van der Waals surface area contributed by atoms with Gasteiger partial charge >= 0.3 is 0 Å². The van der Waals surface area contributed by atoms with E-state index in [2.05, 4.69) is 33.8 Å². The maximum atomic E-state index is 8.73. The van der Waals surface area contributed by atoms with Crippen molar-refractivity contribution in [3.05, 3.63) is 34.9 Å². The second-order valence-corrected chi connectivity index (χ2v) is 5.73. The van der Waals surface area contributed by atoms with Crippen molar-refractivity contribution in [2.24, 2.45) is 5.41 Å². The van der Waals surface area contributed by atoms with E-state index in [0.29, 0.717) is 5.41 Å². The fraction of sp³-hybridized carbons (Fsp3) is 0.625. The summed E-state index contributed by atoms with van der Waals surface area (Å²) in [6.45, 7) is 9.22. The SMILES string of the molecule is CC(C=CCO)=CCC1=C(C)CCCC1(C)C. The first-order valence-electron chi connectivity index (χ1n) is 6.60. The molecule has 0 spiro atoms. The highest BCUT2D eigenvalue weighted by atomic mass is 16.2. The normalized spacial score (nSPS) is 21.4. The van der Waals surface area contributed by atoms with Crippen LogP contribution < -0.4 is 0 Å². The molecule has 0 aromatic heterocycles. The van der Waals surface area contributed by atoms with Gasteiger partial charge in [0.2, 0.25) is 0 Å². The van der Waals surface area contributed by atoms with Gasteiger partial charge in [-0.2, -0.15) is 0 Å². The van der Waals surface area contributed by atoms with Crippen LogP contribution in [0.4, 0.5) is 0 Å². The Morgan fingerprint density at radius 2 is 2.12 bits per heavy atom. The van der Waals surface area contributed by atoms with Gasteiger partial charge in [-0.3, -0.25) is 0 Å². The first kappa shape index (κ1) is 14.2. The maximum absolute atomic E-state index is 8.73. The van der Waals surface area contributed by atoms with Crippen LogP contribution in [0.25, 0.3) is 0 Å². The fourth-order valence-corrected chi connectivity index (χ4v) is 2.70. The van der Waals surface area contributed by atoms with Gasteiger partial charge in [0.1, 0.15) is 0 Å². The summed E-state index contributed by atoms with van der Waals surface area (Å²) in [7, 11) is 0. The predicted octanol–water partition coefficient (Wildman–Crippen LogP) is 4.40. The van der Waals surface area contributed by atoms with E-state index in [1.807, 2.05) is 6.08 Å². The quantitative estimate of drug-likeness (QED) is 0.564. The minimum Gasteiger partial charge on any atom is -0.392 e. The molecular weight excluding hydrogens is 208 g/mol. The zero-order valence-corrected chi connectivity index (χ0v) is 11.7. The van der Waals surface area contributed by atoms with Crippen molar-refractivity contribution in [3.63, 3.8) is 0 Å². The lowest BCUT2D eigenvalue weighted by atomic mass is 9.71. The van der Waals surface area contributed by atoms with Gasteiger partial charge in [0.25, 0.3) is 0 Å². The molecule has 1 rings (SSSR count). The lowest BCUT2D eigenvalue weighted by molar-refractivity contribution is 0.342. The highest BCUT2D eigenvalue weighted by molar-refractivity contribution is 5.27. The molecule has 0 atom stereocenters. The number of aliphatic hydroxyl groups is 1. The molecule has 1 aliphatic carbocycles. The van der Waals surface area contributed by atoms with Gasteiger partial charge in [0.15, 0.2) is 0 Å². The Hall–Kier alpha value is -0.820. The number of allylic oxidation sites excluding steroid dienone is 5. The molecule has 0 amide bonds. The summed E-state index contributed by atoms with van der Waals surface area (Å²) in [6.07, 6.45) is 11.0. The van der Waals surface area contributed by atoms with Gasteiger partial charge in [-0.05, 0) is 44.9 Å². The average Bonchev–Trinajstić information content (AvgIpc) is 2.24. The lowest BCUT2D eigenvalue weighted by Gasteiger charge is -2.34. The number of aliphatic hydroxyl groups excluding tert-OH is 1. The molecule has 0 aliphatic heterocycles. The zero-order chi connectivity index (χ0) is 12.9. The first-order valence-corrected chi connectivity index (χ1v) is 6.60. The second kappa shape index (κ2) is 6.20. The van der Waals surface area contributed by atoms with Crippen LogP contribution in [0.1, 0.15) is 53.4 Å². The van der Waals surface area contributed by atoms with E-state index >= 15 is 0 Å². The molecule has 0 saturated carbocycles. The molecule has 1 N–H and O–H groups in total. The second-order valence-electron chi connectivity index (χ2n) is 5.73. The molecule has 1 nitrogen and oxygen atoms in total. The van der Waals surface area contributed by atoms with Crippen LogP contribution in [0, 0.1) is 5.41 Å². The topological polar surface area (TPSA) is 20.2 Å². The Kier molecular flexibility index (Phi) is 5.20. The average molecular weight is 234 g/mol. The van der Waals surface area contributed by atoms with Crippen molar-refractivity contribution in [2.45, 2.75) is 53.4 Å². The van der Waals surface area contributed by atoms with Gasteiger partial charge in [0.05, 0.1) is 6.61 Å². The van der Waals surface area contributed by atoms with Gasteiger partial charge in [0, 0.05) is 0 Å². The van der Waals surface area contributed by atoms with Gasteiger partial charge in [-0.1, -0.05) is 48.8 Å². The minimum absolute atomic E-state index is 0.123. The molecule has 0 saturated heterocycles. The monoisotopic (exact) mass is 234 g/mol.